The first-order valence-electron chi connectivity index (χ1n) is 15.9. The van der Waals surface area contributed by atoms with Crippen molar-refractivity contribution in [3.05, 3.63) is 108 Å². The van der Waals surface area contributed by atoms with Crippen molar-refractivity contribution in [3.63, 3.8) is 0 Å². The van der Waals surface area contributed by atoms with Crippen molar-refractivity contribution >= 4 is 16.9 Å². The quantitative estimate of drug-likeness (QED) is 0.141. The van der Waals surface area contributed by atoms with Gasteiger partial charge in [-0.05, 0) is 149 Å². The van der Waals surface area contributed by atoms with Crippen molar-refractivity contribution in [2.75, 3.05) is 6.61 Å². The summed E-state index contributed by atoms with van der Waals surface area (Å²) >= 11 is 0. The minimum atomic E-state index is -0.331. The fourth-order valence-electron chi connectivity index (χ4n) is 7.84. The van der Waals surface area contributed by atoms with E-state index in [4.69, 9.17) is 14.2 Å². The third kappa shape index (κ3) is 5.99. The molecule has 4 aromatic carbocycles. The number of ether oxygens (including phenoxy) is 3. The molecule has 8 rings (SSSR count). The Balaban J connectivity index is 0.967. The first-order chi connectivity index (χ1) is 21.3. The topological polar surface area (TPSA) is 44.8 Å². The summed E-state index contributed by atoms with van der Waals surface area (Å²) in [5.74, 6) is 4.53. The lowest BCUT2D eigenvalue weighted by atomic mass is 9.50. The van der Waals surface area contributed by atoms with E-state index in [1.54, 1.807) is 0 Å². The molecule has 0 spiro atoms. The van der Waals surface area contributed by atoms with Gasteiger partial charge in [-0.3, -0.25) is 0 Å². The summed E-state index contributed by atoms with van der Waals surface area (Å²) in [5, 5.41) is 0. The monoisotopic (exact) mass is 605 g/mol. The SMILES string of the molecule is Cc1ccc([S+](c2ccc(C)cc2)c2ccc(Oc3ccc(OCC(=O)OC4(C)C5CC6CC(C5)CC4C6)cc3)cc2)cc1. The molecular weight excluding hydrogens is 564 g/mol. The van der Waals surface area contributed by atoms with Gasteiger partial charge in [-0.1, -0.05) is 35.4 Å². The van der Waals surface area contributed by atoms with Gasteiger partial charge < -0.3 is 14.2 Å². The zero-order valence-electron chi connectivity index (χ0n) is 25.8. The van der Waals surface area contributed by atoms with Crippen molar-refractivity contribution in [2.24, 2.45) is 23.7 Å². The number of hydrogen-bond acceptors (Lipinski definition) is 4. The third-order valence-electron chi connectivity index (χ3n) is 10.1. The fraction of sp³-hybridized carbons (Fsp3) is 0.359. The average Bonchev–Trinajstić information content (AvgIpc) is 3.02. The molecule has 4 aliphatic carbocycles. The maximum atomic E-state index is 12.8. The second-order valence-corrected chi connectivity index (χ2v) is 15.3. The maximum Gasteiger partial charge on any atom is 0.344 e. The largest absolute Gasteiger partial charge is 0.482 e. The van der Waals surface area contributed by atoms with Crippen molar-refractivity contribution in [3.8, 4) is 17.2 Å². The molecule has 4 fully saturated rings. The summed E-state index contributed by atoms with van der Waals surface area (Å²) in [6.07, 6.45) is 6.23. The Morgan fingerprint density at radius 3 is 1.52 bits per heavy atom. The summed E-state index contributed by atoms with van der Waals surface area (Å²) in [4.78, 5) is 16.7. The van der Waals surface area contributed by atoms with Crippen LogP contribution in [0.3, 0.4) is 0 Å². The molecule has 4 aromatic rings. The molecule has 226 valence electrons. The lowest BCUT2D eigenvalue weighted by molar-refractivity contribution is -0.204. The van der Waals surface area contributed by atoms with Crippen LogP contribution in [0.25, 0.3) is 0 Å². The van der Waals surface area contributed by atoms with Crippen LogP contribution < -0.4 is 9.47 Å². The van der Waals surface area contributed by atoms with E-state index in [0.29, 0.717) is 23.3 Å². The Morgan fingerprint density at radius 2 is 1.05 bits per heavy atom. The smallest absolute Gasteiger partial charge is 0.344 e. The molecule has 0 heterocycles. The highest BCUT2D eigenvalue weighted by Gasteiger charge is 2.57. The molecule has 0 aromatic heterocycles. The maximum absolute atomic E-state index is 12.8. The zero-order chi connectivity index (χ0) is 30.3. The van der Waals surface area contributed by atoms with E-state index in [9.17, 15) is 4.79 Å². The van der Waals surface area contributed by atoms with Crippen molar-refractivity contribution < 1.29 is 19.0 Å². The first kappa shape index (κ1) is 29.0. The van der Waals surface area contributed by atoms with Crippen molar-refractivity contribution in [1.29, 1.82) is 0 Å². The van der Waals surface area contributed by atoms with Crippen LogP contribution in [0.15, 0.2) is 112 Å². The Morgan fingerprint density at radius 1 is 0.636 bits per heavy atom. The van der Waals surface area contributed by atoms with E-state index in [1.165, 1.54) is 57.9 Å². The molecule has 4 bridgehead atoms. The Bertz CT molecular complexity index is 1520. The number of carbonyl (C=O) groups is 1. The highest BCUT2D eigenvalue weighted by molar-refractivity contribution is 7.97. The molecular formula is C39H41O4S+. The summed E-state index contributed by atoms with van der Waals surface area (Å²) < 4.78 is 18.1. The van der Waals surface area contributed by atoms with E-state index < -0.39 is 0 Å². The van der Waals surface area contributed by atoms with Gasteiger partial charge in [0, 0.05) is 0 Å². The predicted octanol–water partition coefficient (Wildman–Crippen LogP) is 9.33. The predicted molar refractivity (Wildman–Crippen MR) is 175 cm³/mol. The van der Waals surface area contributed by atoms with Crippen molar-refractivity contribution in [2.45, 2.75) is 73.2 Å². The van der Waals surface area contributed by atoms with Gasteiger partial charge in [-0.2, -0.15) is 0 Å². The Labute approximate surface area is 264 Å². The van der Waals surface area contributed by atoms with Crippen LogP contribution >= 0.6 is 0 Å². The number of rotatable bonds is 9. The van der Waals surface area contributed by atoms with Gasteiger partial charge in [0.1, 0.15) is 22.8 Å². The van der Waals surface area contributed by atoms with Crippen LogP contribution in [0.5, 0.6) is 17.2 Å². The molecule has 5 heteroatoms. The second kappa shape index (κ2) is 12.0. The van der Waals surface area contributed by atoms with Crippen LogP contribution in [0.1, 0.15) is 50.2 Å². The Hall–Kier alpha value is -3.70. The summed E-state index contributed by atoms with van der Waals surface area (Å²) in [5.41, 5.74) is 2.18. The molecule has 0 unspecified atom stereocenters. The number of benzene rings is 4. The molecule has 4 aliphatic rings. The van der Waals surface area contributed by atoms with E-state index in [2.05, 4.69) is 81.4 Å². The van der Waals surface area contributed by atoms with Crippen molar-refractivity contribution in [1.82, 2.24) is 0 Å². The van der Waals surface area contributed by atoms with E-state index in [0.717, 1.165) is 17.6 Å². The van der Waals surface area contributed by atoms with Crippen LogP contribution in [0.2, 0.25) is 0 Å². The lowest BCUT2D eigenvalue weighted by Crippen LogP contribution is -2.58. The van der Waals surface area contributed by atoms with Crippen LogP contribution in [-0.4, -0.2) is 18.2 Å². The fourth-order valence-corrected chi connectivity index (χ4v) is 9.89. The first-order valence-corrected chi connectivity index (χ1v) is 17.1. The van der Waals surface area contributed by atoms with Gasteiger partial charge in [0.15, 0.2) is 21.3 Å². The van der Waals surface area contributed by atoms with E-state index in [-0.39, 0.29) is 29.1 Å². The molecule has 0 saturated heterocycles. The second-order valence-electron chi connectivity index (χ2n) is 13.2. The number of aryl methyl sites for hydroxylation is 2. The minimum absolute atomic E-state index is 0.0759. The van der Waals surface area contributed by atoms with Gasteiger partial charge in [-0.25, -0.2) is 4.79 Å². The molecule has 0 radical (unpaired) electrons. The zero-order valence-corrected chi connectivity index (χ0v) is 26.6. The molecule has 0 aliphatic heterocycles. The molecule has 44 heavy (non-hydrogen) atoms. The van der Waals surface area contributed by atoms with E-state index >= 15 is 0 Å². The summed E-state index contributed by atoms with van der Waals surface area (Å²) in [6, 6.07) is 33.5. The van der Waals surface area contributed by atoms with E-state index in [1.807, 2.05) is 36.4 Å². The highest BCUT2D eigenvalue weighted by atomic mass is 32.2. The molecule has 0 N–H and O–H groups in total. The van der Waals surface area contributed by atoms with Gasteiger partial charge in [0.2, 0.25) is 0 Å². The van der Waals surface area contributed by atoms with Gasteiger partial charge >= 0.3 is 5.97 Å². The van der Waals surface area contributed by atoms with Gasteiger partial charge in [-0.15, -0.1) is 0 Å². The molecule has 4 saturated carbocycles. The lowest BCUT2D eigenvalue weighted by Gasteiger charge is -2.59. The number of esters is 1. The number of carbonyl (C=O) groups excluding carboxylic acids is 1. The summed E-state index contributed by atoms with van der Waals surface area (Å²) in [6.45, 7) is 6.34. The molecule has 0 amide bonds. The summed E-state index contributed by atoms with van der Waals surface area (Å²) in [7, 11) is -0.212. The van der Waals surface area contributed by atoms with Crippen LogP contribution in [0.4, 0.5) is 0 Å². The molecule has 0 atom stereocenters. The standard InChI is InChI=1S/C39H41O4S/c1-26-4-14-35(15-5-26)44(36-16-6-27(2)7-17-36)37-18-12-34(13-19-37)42-33-10-8-32(9-11-33)41-25-38(40)43-39(3)30-21-28-20-29(23-30)24-31(39)22-28/h4-19,28-31H,20-25H2,1-3H3/q+1. The van der Waals surface area contributed by atoms with Crippen LogP contribution in [-0.2, 0) is 20.4 Å². The minimum Gasteiger partial charge on any atom is -0.482 e. The molecule has 4 nitrogen and oxygen atoms in total. The normalized spacial score (nSPS) is 25.2. The highest BCUT2D eigenvalue weighted by Crippen LogP contribution is 2.59. The van der Waals surface area contributed by atoms with Gasteiger partial charge in [0.25, 0.3) is 0 Å². The number of hydrogen-bond donors (Lipinski definition) is 0. The average molecular weight is 606 g/mol. The Kier molecular flexibility index (Phi) is 7.92. The van der Waals surface area contributed by atoms with Gasteiger partial charge in [0.05, 0.1) is 10.9 Å². The van der Waals surface area contributed by atoms with Crippen LogP contribution in [0, 0.1) is 37.5 Å². The third-order valence-corrected chi connectivity index (χ3v) is 12.3.